The zero-order chi connectivity index (χ0) is 13.5. The van der Waals surface area contributed by atoms with Crippen LogP contribution in [0.5, 0.6) is 0 Å². The average molecular weight is 248 g/mol. The highest BCUT2D eigenvalue weighted by Gasteiger charge is 2.16. The summed E-state index contributed by atoms with van der Waals surface area (Å²) in [7, 11) is 1.62. The topological polar surface area (TPSA) is 54.2 Å². The first kappa shape index (κ1) is 14.2. The van der Waals surface area contributed by atoms with E-state index in [2.05, 4.69) is 10.1 Å². The van der Waals surface area contributed by atoms with Crippen LogP contribution in [-0.4, -0.2) is 23.9 Å². The molecule has 0 aromatic heterocycles. The maximum Gasteiger partial charge on any atom is 0.188 e. The fourth-order valence-corrected chi connectivity index (χ4v) is 1.84. The van der Waals surface area contributed by atoms with Gasteiger partial charge in [-0.3, -0.25) is 0 Å². The SMILES string of the molecule is CC.COC1=Nc2c(cccc2/C(C)=N/O)CC1. The molecule has 1 aromatic carbocycles. The summed E-state index contributed by atoms with van der Waals surface area (Å²) in [6.45, 7) is 5.76. The Labute approximate surface area is 108 Å². The van der Waals surface area contributed by atoms with E-state index in [-0.39, 0.29) is 0 Å². The minimum Gasteiger partial charge on any atom is -0.484 e. The Bertz CT molecular complexity index is 465. The summed E-state index contributed by atoms with van der Waals surface area (Å²) < 4.78 is 5.16. The zero-order valence-corrected chi connectivity index (χ0v) is 11.4. The summed E-state index contributed by atoms with van der Waals surface area (Å²) in [6.07, 6.45) is 1.73. The number of methoxy groups -OCH3 is 1. The van der Waals surface area contributed by atoms with Gasteiger partial charge in [0.2, 0.25) is 0 Å². The highest BCUT2D eigenvalue weighted by atomic mass is 16.5. The number of aliphatic imine (C=N–C) groups is 1. The van der Waals surface area contributed by atoms with E-state index in [0.717, 1.165) is 30.0 Å². The second-order valence-corrected chi connectivity index (χ2v) is 3.71. The van der Waals surface area contributed by atoms with Gasteiger partial charge in [0, 0.05) is 12.0 Å². The minimum absolute atomic E-state index is 0.568. The Balaban J connectivity index is 0.000000771. The van der Waals surface area contributed by atoms with Gasteiger partial charge in [-0.2, -0.15) is 0 Å². The number of aryl methyl sites for hydroxylation is 1. The van der Waals surface area contributed by atoms with Gasteiger partial charge in [-0.15, -0.1) is 0 Å². The van der Waals surface area contributed by atoms with Crippen molar-refractivity contribution in [2.45, 2.75) is 33.6 Å². The lowest BCUT2D eigenvalue weighted by atomic mass is 9.98. The van der Waals surface area contributed by atoms with E-state index in [1.807, 2.05) is 32.0 Å². The monoisotopic (exact) mass is 248 g/mol. The van der Waals surface area contributed by atoms with Gasteiger partial charge in [-0.05, 0) is 18.9 Å². The van der Waals surface area contributed by atoms with E-state index in [4.69, 9.17) is 9.94 Å². The molecule has 1 N–H and O–H groups in total. The van der Waals surface area contributed by atoms with E-state index < -0.39 is 0 Å². The maximum absolute atomic E-state index is 8.82. The van der Waals surface area contributed by atoms with Crippen molar-refractivity contribution in [2.75, 3.05) is 7.11 Å². The van der Waals surface area contributed by atoms with Gasteiger partial charge in [0.15, 0.2) is 5.90 Å². The Morgan fingerprint density at radius 1 is 1.33 bits per heavy atom. The molecule has 4 nitrogen and oxygen atoms in total. The van der Waals surface area contributed by atoms with Crippen LogP contribution in [0.4, 0.5) is 5.69 Å². The molecule has 0 saturated carbocycles. The lowest BCUT2D eigenvalue weighted by Gasteiger charge is -2.16. The van der Waals surface area contributed by atoms with Crippen LogP contribution in [0.25, 0.3) is 0 Å². The molecule has 1 aromatic rings. The molecule has 0 fully saturated rings. The first-order valence-electron chi connectivity index (χ1n) is 6.18. The minimum atomic E-state index is 0.568. The standard InChI is InChI=1S/C12H14N2O2.C2H6/c1-8(14-15)10-5-3-4-9-6-7-11(16-2)13-12(9)10;1-2/h3-5,15H,6-7H2,1-2H3;1-2H3/b14-8+;. The number of hydrogen-bond acceptors (Lipinski definition) is 4. The predicted molar refractivity (Wildman–Crippen MR) is 74.2 cm³/mol. The van der Waals surface area contributed by atoms with Gasteiger partial charge < -0.3 is 9.94 Å². The smallest absolute Gasteiger partial charge is 0.188 e. The average Bonchev–Trinajstić information content (AvgIpc) is 2.47. The quantitative estimate of drug-likeness (QED) is 0.469. The molecule has 1 aliphatic heterocycles. The molecule has 0 spiro atoms. The number of fused-ring (bicyclic) bond motifs is 1. The van der Waals surface area contributed by atoms with Gasteiger partial charge >= 0.3 is 0 Å². The Morgan fingerprint density at radius 3 is 2.67 bits per heavy atom. The van der Waals surface area contributed by atoms with Crippen LogP contribution in [0, 0.1) is 0 Å². The molecular weight excluding hydrogens is 228 g/mol. The maximum atomic E-state index is 8.82. The highest BCUT2D eigenvalue weighted by molar-refractivity contribution is 6.04. The third-order valence-corrected chi connectivity index (χ3v) is 2.74. The molecular formula is C14H20N2O2. The van der Waals surface area contributed by atoms with E-state index in [1.54, 1.807) is 14.0 Å². The third-order valence-electron chi connectivity index (χ3n) is 2.74. The van der Waals surface area contributed by atoms with Crippen LogP contribution in [0.3, 0.4) is 0 Å². The molecule has 1 heterocycles. The number of benzene rings is 1. The number of hydrogen-bond donors (Lipinski definition) is 1. The second kappa shape index (κ2) is 6.79. The van der Waals surface area contributed by atoms with Gasteiger partial charge in [0.25, 0.3) is 0 Å². The normalized spacial score (nSPS) is 14.0. The summed E-state index contributed by atoms with van der Waals surface area (Å²) >= 11 is 0. The van der Waals surface area contributed by atoms with Crippen molar-refractivity contribution in [3.63, 3.8) is 0 Å². The van der Waals surface area contributed by atoms with Crippen LogP contribution in [0.1, 0.15) is 38.3 Å². The number of nitrogens with zero attached hydrogens (tertiary/aromatic N) is 2. The van der Waals surface area contributed by atoms with Crippen molar-refractivity contribution in [3.05, 3.63) is 29.3 Å². The second-order valence-electron chi connectivity index (χ2n) is 3.71. The van der Waals surface area contributed by atoms with Crippen molar-refractivity contribution >= 4 is 17.3 Å². The molecule has 0 bridgehead atoms. The lowest BCUT2D eigenvalue weighted by Crippen LogP contribution is -2.10. The van der Waals surface area contributed by atoms with Crippen LogP contribution in [-0.2, 0) is 11.2 Å². The van der Waals surface area contributed by atoms with E-state index >= 15 is 0 Å². The van der Waals surface area contributed by atoms with Crippen molar-refractivity contribution in [3.8, 4) is 0 Å². The molecule has 0 radical (unpaired) electrons. The number of para-hydroxylation sites is 1. The largest absolute Gasteiger partial charge is 0.484 e. The fraction of sp³-hybridized carbons (Fsp3) is 0.429. The molecule has 0 aliphatic carbocycles. The van der Waals surface area contributed by atoms with Crippen LogP contribution < -0.4 is 0 Å². The first-order chi connectivity index (χ1) is 8.76. The van der Waals surface area contributed by atoms with Crippen molar-refractivity contribution in [1.82, 2.24) is 0 Å². The third kappa shape index (κ3) is 2.88. The Morgan fingerprint density at radius 2 is 2.06 bits per heavy atom. The molecule has 0 atom stereocenters. The predicted octanol–water partition coefficient (Wildman–Crippen LogP) is 3.53. The van der Waals surface area contributed by atoms with E-state index in [9.17, 15) is 0 Å². The molecule has 18 heavy (non-hydrogen) atoms. The van der Waals surface area contributed by atoms with Crippen molar-refractivity contribution in [2.24, 2.45) is 10.1 Å². The summed E-state index contributed by atoms with van der Waals surface area (Å²) in [5, 5.41) is 12.0. The van der Waals surface area contributed by atoms with Crippen molar-refractivity contribution in [1.29, 1.82) is 0 Å². The molecule has 0 saturated heterocycles. The summed E-state index contributed by atoms with van der Waals surface area (Å²) in [4.78, 5) is 4.44. The molecule has 98 valence electrons. The van der Waals surface area contributed by atoms with E-state index in [0.29, 0.717) is 5.71 Å². The highest BCUT2D eigenvalue weighted by Crippen LogP contribution is 2.30. The fourth-order valence-electron chi connectivity index (χ4n) is 1.84. The molecule has 2 rings (SSSR count). The van der Waals surface area contributed by atoms with Gasteiger partial charge in [0.05, 0.1) is 18.5 Å². The van der Waals surface area contributed by atoms with Crippen LogP contribution >= 0.6 is 0 Å². The molecule has 0 unspecified atom stereocenters. The molecule has 4 heteroatoms. The van der Waals surface area contributed by atoms with Crippen molar-refractivity contribution < 1.29 is 9.94 Å². The summed E-state index contributed by atoms with van der Waals surface area (Å²) in [5.74, 6) is 0.727. The number of ether oxygens (including phenoxy) is 1. The van der Waals surface area contributed by atoms with Gasteiger partial charge in [-0.1, -0.05) is 37.2 Å². The van der Waals surface area contributed by atoms with Crippen LogP contribution in [0.15, 0.2) is 28.3 Å². The number of oxime groups is 1. The van der Waals surface area contributed by atoms with Gasteiger partial charge in [-0.25, -0.2) is 4.99 Å². The Hall–Kier alpha value is -1.84. The summed E-state index contributed by atoms with van der Waals surface area (Å²) in [5.41, 5.74) is 3.45. The Kier molecular flexibility index (Phi) is 5.36. The number of rotatable bonds is 1. The zero-order valence-electron chi connectivity index (χ0n) is 11.4. The first-order valence-corrected chi connectivity index (χ1v) is 6.18. The molecule has 1 aliphatic rings. The lowest BCUT2D eigenvalue weighted by molar-refractivity contribution is 0.319. The summed E-state index contributed by atoms with van der Waals surface area (Å²) in [6, 6.07) is 5.89. The van der Waals surface area contributed by atoms with Gasteiger partial charge in [0.1, 0.15) is 0 Å². The van der Waals surface area contributed by atoms with E-state index in [1.165, 1.54) is 5.56 Å². The molecule has 0 amide bonds. The van der Waals surface area contributed by atoms with Crippen LogP contribution in [0.2, 0.25) is 0 Å².